The maximum absolute atomic E-state index is 11.7. The molecule has 1 aromatic heterocycles. The van der Waals surface area contributed by atoms with Crippen LogP contribution >= 0.6 is 23.2 Å². The zero-order chi connectivity index (χ0) is 12.3. The first kappa shape index (κ1) is 12.7. The Kier molecular flexibility index (Phi) is 4.09. The minimum Gasteiger partial charge on any atom is -0.465 e. The highest BCUT2D eigenvalue weighted by Crippen LogP contribution is 2.19. The summed E-state index contributed by atoms with van der Waals surface area (Å²) in [7, 11) is 0. The Morgan fingerprint density at radius 3 is 2.62 bits per heavy atom. The van der Waals surface area contributed by atoms with Gasteiger partial charge >= 0.3 is 6.09 Å². The van der Waals surface area contributed by atoms with Crippen molar-refractivity contribution in [1.29, 1.82) is 0 Å². The number of ketones is 1. The van der Waals surface area contributed by atoms with E-state index in [1.807, 2.05) is 5.32 Å². The molecule has 1 amide bonds. The molecule has 0 aromatic carbocycles. The van der Waals surface area contributed by atoms with Gasteiger partial charge < -0.3 is 10.4 Å². The number of halogens is 2. The molecule has 0 saturated carbocycles. The second-order valence-electron chi connectivity index (χ2n) is 3.02. The van der Waals surface area contributed by atoms with E-state index in [4.69, 9.17) is 28.3 Å². The van der Waals surface area contributed by atoms with Gasteiger partial charge in [0.2, 0.25) is 5.78 Å². The van der Waals surface area contributed by atoms with Gasteiger partial charge in [0, 0.05) is 6.20 Å². The van der Waals surface area contributed by atoms with Crippen LogP contribution in [0, 0.1) is 0 Å². The van der Waals surface area contributed by atoms with E-state index in [0.29, 0.717) is 5.02 Å². The molecular weight excluding hydrogens is 255 g/mol. The molecular formula is C9H8Cl2N2O3. The number of hydrogen-bond donors (Lipinski definition) is 2. The predicted molar refractivity (Wildman–Crippen MR) is 59.2 cm³/mol. The van der Waals surface area contributed by atoms with Crippen molar-refractivity contribution < 1.29 is 14.7 Å². The molecule has 0 radical (unpaired) electrons. The second kappa shape index (κ2) is 5.14. The fraction of sp³-hybridized carbons (Fsp3) is 0.222. The third-order valence-electron chi connectivity index (χ3n) is 1.77. The predicted octanol–water partition coefficient (Wildman–Crippen LogP) is 2.23. The lowest BCUT2D eigenvalue weighted by molar-refractivity contribution is 0.0940. The van der Waals surface area contributed by atoms with Crippen molar-refractivity contribution in [1.82, 2.24) is 10.3 Å². The smallest absolute Gasteiger partial charge is 0.405 e. The van der Waals surface area contributed by atoms with Gasteiger partial charge in [0.25, 0.3) is 0 Å². The molecule has 16 heavy (non-hydrogen) atoms. The zero-order valence-corrected chi connectivity index (χ0v) is 9.71. The summed E-state index contributed by atoms with van der Waals surface area (Å²) >= 11 is 11.4. The van der Waals surface area contributed by atoms with E-state index in [1.165, 1.54) is 19.2 Å². The molecule has 0 spiro atoms. The van der Waals surface area contributed by atoms with Crippen LogP contribution in [0.25, 0.3) is 0 Å². The highest BCUT2D eigenvalue weighted by molar-refractivity contribution is 6.36. The largest absolute Gasteiger partial charge is 0.465 e. The summed E-state index contributed by atoms with van der Waals surface area (Å²) in [5.41, 5.74) is -0.00711. The van der Waals surface area contributed by atoms with Gasteiger partial charge in [0.1, 0.15) is 5.69 Å². The van der Waals surface area contributed by atoms with Crippen LogP contribution in [0.5, 0.6) is 0 Å². The first-order chi connectivity index (χ1) is 7.41. The SMILES string of the molecule is C[C@H](NC(=O)O)C(=O)c1ncc(Cl)cc1Cl. The average molecular weight is 263 g/mol. The Morgan fingerprint density at radius 1 is 1.50 bits per heavy atom. The molecule has 5 nitrogen and oxygen atoms in total. The highest BCUT2D eigenvalue weighted by Gasteiger charge is 2.20. The van der Waals surface area contributed by atoms with Crippen LogP contribution in [0.15, 0.2) is 12.3 Å². The number of nitrogens with zero attached hydrogens (tertiary/aromatic N) is 1. The molecule has 86 valence electrons. The normalized spacial score (nSPS) is 11.9. The maximum atomic E-state index is 11.7. The van der Waals surface area contributed by atoms with Crippen molar-refractivity contribution in [3.8, 4) is 0 Å². The van der Waals surface area contributed by atoms with E-state index >= 15 is 0 Å². The fourth-order valence-electron chi connectivity index (χ4n) is 1.05. The van der Waals surface area contributed by atoms with E-state index in [-0.39, 0.29) is 10.7 Å². The third kappa shape index (κ3) is 3.08. The molecule has 2 N–H and O–H groups in total. The average Bonchev–Trinajstić information content (AvgIpc) is 2.15. The molecule has 0 saturated heterocycles. The van der Waals surface area contributed by atoms with Crippen LogP contribution in [-0.2, 0) is 0 Å². The fourth-order valence-corrected chi connectivity index (χ4v) is 1.52. The number of rotatable bonds is 3. The van der Waals surface area contributed by atoms with Crippen molar-refractivity contribution >= 4 is 35.1 Å². The van der Waals surface area contributed by atoms with Crippen LogP contribution in [0.3, 0.4) is 0 Å². The van der Waals surface area contributed by atoms with Gasteiger partial charge in [0.15, 0.2) is 0 Å². The summed E-state index contributed by atoms with van der Waals surface area (Å²) in [6.45, 7) is 1.41. The second-order valence-corrected chi connectivity index (χ2v) is 3.86. The summed E-state index contributed by atoms with van der Waals surface area (Å²) in [4.78, 5) is 25.8. The van der Waals surface area contributed by atoms with Crippen LogP contribution in [0.2, 0.25) is 10.0 Å². The summed E-state index contributed by atoms with van der Waals surface area (Å²) in [5.74, 6) is -0.510. The first-order valence-electron chi connectivity index (χ1n) is 4.26. The van der Waals surface area contributed by atoms with Crippen molar-refractivity contribution in [2.75, 3.05) is 0 Å². The summed E-state index contributed by atoms with van der Waals surface area (Å²) in [6, 6.07) is 0.459. The molecule has 0 bridgehead atoms. The van der Waals surface area contributed by atoms with E-state index in [1.54, 1.807) is 0 Å². The molecule has 1 heterocycles. The van der Waals surface area contributed by atoms with Gasteiger partial charge in [-0.05, 0) is 13.0 Å². The first-order valence-corrected chi connectivity index (χ1v) is 5.02. The number of carbonyl (C=O) groups is 2. The van der Waals surface area contributed by atoms with E-state index in [2.05, 4.69) is 4.98 Å². The number of aromatic nitrogens is 1. The lowest BCUT2D eigenvalue weighted by atomic mass is 10.1. The highest BCUT2D eigenvalue weighted by atomic mass is 35.5. The van der Waals surface area contributed by atoms with Crippen molar-refractivity contribution in [3.05, 3.63) is 28.0 Å². The molecule has 1 rings (SSSR count). The quantitative estimate of drug-likeness (QED) is 0.819. The lowest BCUT2D eigenvalue weighted by Crippen LogP contribution is -2.38. The van der Waals surface area contributed by atoms with E-state index in [0.717, 1.165) is 0 Å². The van der Waals surface area contributed by atoms with Crippen LogP contribution in [0.4, 0.5) is 4.79 Å². The molecule has 1 aromatic rings. The summed E-state index contributed by atoms with van der Waals surface area (Å²) in [6.07, 6.45) is -0.0142. The van der Waals surface area contributed by atoms with Gasteiger partial charge in [-0.3, -0.25) is 4.79 Å². The number of carboxylic acid groups (broad SMARTS) is 1. The lowest BCUT2D eigenvalue weighted by Gasteiger charge is -2.10. The molecule has 0 aliphatic heterocycles. The summed E-state index contributed by atoms with van der Waals surface area (Å²) < 4.78 is 0. The van der Waals surface area contributed by atoms with Gasteiger partial charge in [-0.2, -0.15) is 0 Å². The Balaban J connectivity index is 2.92. The molecule has 0 aliphatic carbocycles. The molecule has 7 heteroatoms. The number of hydrogen-bond acceptors (Lipinski definition) is 3. The zero-order valence-electron chi connectivity index (χ0n) is 8.20. The molecule has 0 aliphatic rings. The van der Waals surface area contributed by atoms with Crippen molar-refractivity contribution in [2.45, 2.75) is 13.0 Å². The van der Waals surface area contributed by atoms with E-state index in [9.17, 15) is 9.59 Å². The number of carbonyl (C=O) groups excluding carboxylic acids is 1. The number of nitrogens with one attached hydrogen (secondary N) is 1. The topological polar surface area (TPSA) is 79.3 Å². The number of amides is 1. The molecule has 0 unspecified atom stereocenters. The van der Waals surface area contributed by atoms with Crippen LogP contribution in [-0.4, -0.2) is 28.0 Å². The van der Waals surface area contributed by atoms with Gasteiger partial charge in [-0.25, -0.2) is 9.78 Å². The summed E-state index contributed by atoms with van der Waals surface area (Å²) in [5, 5.41) is 10.9. The minimum absolute atomic E-state index is 0.00711. The van der Waals surface area contributed by atoms with Gasteiger partial charge in [0.05, 0.1) is 16.1 Å². The number of pyridine rings is 1. The standard InChI is InChI=1S/C9H8Cl2N2O3/c1-4(13-9(15)16)8(14)7-6(11)2-5(10)3-12-7/h2-4,13H,1H3,(H,15,16)/t4-/m0/s1. The van der Waals surface area contributed by atoms with E-state index < -0.39 is 17.9 Å². The molecule has 0 fully saturated rings. The maximum Gasteiger partial charge on any atom is 0.405 e. The Bertz CT molecular complexity index is 437. The monoisotopic (exact) mass is 262 g/mol. The van der Waals surface area contributed by atoms with Crippen LogP contribution in [0.1, 0.15) is 17.4 Å². The Hall–Kier alpha value is -1.33. The van der Waals surface area contributed by atoms with Gasteiger partial charge in [-0.15, -0.1) is 0 Å². The third-order valence-corrected chi connectivity index (χ3v) is 2.27. The number of Topliss-reactive ketones (excluding diaryl/α,β-unsaturated/α-hetero) is 1. The van der Waals surface area contributed by atoms with Crippen molar-refractivity contribution in [2.24, 2.45) is 0 Å². The Labute approximate surface area is 101 Å². The minimum atomic E-state index is -1.29. The van der Waals surface area contributed by atoms with Crippen LogP contribution < -0.4 is 5.32 Å². The van der Waals surface area contributed by atoms with Crippen molar-refractivity contribution in [3.63, 3.8) is 0 Å². The Morgan fingerprint density at radius 2 is 2.12 bits per heavy atom. The van der Waals surface area contributed by atoms with Gasteiger partial charge in [-0.1, -0.05) is 23.2 Å². The molecule has 1 atom stereocenters.